The fourth-order valence-electron chi connectivity index (χ4n) is 2.34. The van der Waals surface area contributed by atoms with Gasteiger partial charge >= 0.3 is 5.97 Å². The lowest BCUT2D eigenvalue weighted by Gasteiger charge is -2.34. The standard InChI is InChI=1S/C12H14O4/c1-16-12(11(14)15)6-2-3-8-4-5-9(13)7-10(8)12/h4-5,7,13H,2-3,6H2,1H3,(H,14,15). The molecule has 0 saturated carbocycles. The van der Waals surface area contributed by atoms with Crippen LogP contribution in [0.5, 0.6) is 5.75 Å². The van der Waals surface area contributed by atoms with E-state index in [0.29, 0.717) is 12.0 Å². The molecule has 0 aromatic heterocycles. The fourth-order valence-corrected chi connectivity index (χ4v) is 2.34. The zero-order chi connectivity index (χ0) is 11.8. The third-order valence-electron chi connectivity index (χ3n) is 3.20. The minimum absolute atomic E-state index is 0.0725. The Hall–Kier alpha value is -1.55. The Morgan fingerprint density at radius 3 is 2.88 bits per heavy atom. The van der Waals surface area contributed by atoms with Crippen molar-refractivity contribution < 1.29 is 19.7 Å². The molecule has 86 valence electrons. The van der Waals surface area contributed by atoms with Gasteiger partial charge in [0.2, 0.25) is 0 Å². The molecule has 2 N–H and O–H groups in total. The van der Waals surface area contributed by atoms with Crippen molar-refractivity contribution in [3.05, 3.63) is 29.3 Å². The molecular weight excluding hydrogens is 208 g/mol. The molecule has 0 amide bonds. The molecule has 4 heteroatoms. The van der Waals surface area contributed by atoms with Crippen LogP contribution in [0, 0.1) is 0 Å². The van der Waals surface area contributed by atoms with E-state index < -0.39 is 11.6 Å². The summed E-state index contributed by atoms with van der Waals surface area (Å²) in [6.07, 6.45) is 2.04. The summed E-state index contributed by atoms with van der Waals surface area (Å²) in [5, 5.41) is 18.8. The summed E-state index contributed by atoms with van der Waals surface area (Å²) in [6, 6.07) is 4.83. The number of aryl methyl sites for hydroxylation is 1. The zero-order valence-electron chi connectivity index (χ0n) is 9.06. The van der Waals surface area contributed by atoms with E-state index in [1.807, 2.05) is 0 Å². The molecule has 0 radical (unpaired) electrons. The first-order valence-corrected chi connectivity index (χ1v) is 5.21. The Morgan fingerprint density at radius 1 is 1.50 bits per heavy atom. The van der Waals surface area contributed by atoms with E-state index in [4.69, 9.17) is 4.74 Å². The number of rotatable bonds is 2. The molecule has 0 bridgehead atoms. The van der Waals surface area contributed by atoms with Crippen LogP contribution in [0.4, 0.5) is 0 Å². The number of ether oxygens (including phenoxy) is 1. The molecule has 1 aromatic carbocycles. The number of benzene rings is 1. The number of phenols is 1. The Kier molecular flexibility index (Phi) is 2.59. The minimum atomic E-state index is -1.30. The largest absolute Gasteiger partial charge is 0.508 e. The Morgan fingerprint density at radius 2 is 2.25 bits per heavy atom. The summed E-state index contributed by atoms with van der Waals surface area (Å²) in [5.41, 5.74) is 0.217. The predicted molar refractivity (Wildman–Crippen MR) is 57.4 cm³/mol. The Bertz CT molecular complexity index is 427. The number of aliphatic carboxylic acids is 1. The van der Waals surface area contributed by atoms with Gasteiger partial charge in [-0.1, -0.05) is 6.07 Å². The normalized spacial score (nSPS) is 23.8. The first-order valence-electron chi connectivity index (χ1n) is 5.21. The lowest BCUT2D eigenvalue weighted by Crippen LogP contribution is -2.40. The van der Waals surface area contributed by atoms with Crippen LogP contribution in [0.3, 0.4) is 0 Å². The van der Waals surface area contributed by atoms with E-state index in [-0.39, 0.29) is 5.75 Å². The summed E-state index contributed by atoms with van der Waals surface area (Å²) in [4.78, 5) is 11.4. The molecule has 0 fully saturated rings. The van der Waals surface area contributed by atoms with Gasteiger partial charge < -0.3 is 14.9 Å². The van der Waals surface area contributed by atoms with Crippen LogP contribution < -0.4 is 0 Å². The van der Waals surface area contributed by atoms with Gasteiger partial charge in [-0.2, -0.15) is 0 Å². The van der Waals surface area contributed by atoms with Gasteiger partial charge in [-0.15, -0.1) is 0 Å². The lowest BCUT2D eigenvalue weighted by atomic mass is 9.79. The highest BCUT2D eigenvalue weighted by atomic mass is 16.5. The highest BCUT2D eigenvalue weighted by molar-refractivity contribution is 5.80. The third-order valence-corrected chi connectivity index (χ3v) is 3.20. The molecule has 0 heterocycles. The Balaban J connectivity index is 2.61. The maximum Gasteiger partial charge on any atom is 0.340 e. The lowest BCUT2D eigenvalue weighted by molar-refractivity contribution is -0.165. The smallest absolute Gasteiger partial charge is 0.340 e. The van der Waals surface area contributed by atoms with E-state index in [2.05, 4.69) is 0 Å². The topological polar surface area (TPSA) is 66.8 Å². The maximum absolute atomic E-state index is 11.4. The summed E-state index contributed by atoms with van der Waals surface area (Å²) in [7, 11) is 1.40. The first kappa shape index (κ1) is 11.0. The molecule has 4 nitrogen and oxygen atoms in total. The zero-order valence-corrected chi connectivity index (χ0v) is 9.06. The minimum Gasteiger partial charge on any atom is -0.508 e. The van der Waals surface area contributed by atoms with Gasteiger partial charge in [-0.05, 0) is 37.0 Å². The molecule has 0 aliphatic heterocycles. The first-order chi connectivity index (χ1) is 7.60. The highest BCUT2D eigenvalue weighted by Crippen LogP contribution is 2.39. The van der Waals surface area contributed by atoms with Crippen molar-refractivity contribution in [2.45, 2.75) is 24.9 Å². The number of hydrogen-bond donors (Lipinski definition) is 2. The fraction of sp³-hybridized carbons (Fsp3) is 0.417. The second-order valence-corrected chi connectivity index (χ2v) is 4.03. The molecule has 1 aliphatic carbocycles. The third kappa shape index (κ3) is 1.46. The van der Waals surface area contributed by atoms with Gasteiger partial charge in [-0.3, -0.25) is 0 Å². The number of phenolic OH excluding ortho intramolecular Hbond substituents is 1. The van der Waals surface area contributed by atoms with Crippen molar-refractivity contribution in [3.63, 3.8) is 0 Å². The van der Waals surface area contributed by atoms with Crippen LogP contribution in [0.2, 0.25) is 0 Å². The molecule has 2 rings (SSSR count). The van der Waals surface area contributed by atoms with Crippen LogP contribution in [0.25, 0.3) is 0 Å². The van der Waals surface area contributed by atoms with Crippen LogP contribution >= 0.6 is 0 Å². The highest BCUT2D eigenvalue weighted by Gasteiger charge is 2.44. The number of carboxylic acid groups (broad SMARTS) is 1. The van der Waals surface area contributed by atoms with E-state index in [1.165, 1.54) is 13.2 Å². The second-order valence-electron chi connectivity index (χ2n) is 4.03. The van der Waals surface area contributed by atoms with E-state index in [9.17, 15) is 15.0 Å². The van der Waals surface area contributed by atoms with Gasteiger partial charge in [0.25, 0.3) is 0 Å². The van der Waals surface area contributed by atoms with Gasteiger partial charge in [-0.25, -0.2) is 4.79 Å². The molecular formula is C12H14O4. The van der Waals surface area contributed by atoms with Crippen molar-refractivity contribution in [1.82, 2.24) is 0 Å². The van der Waals surface area contributed by atoms with E-state index >= 15 is 0 Å². The van der Waals surface area contributed by atoms with Crippen molar-refractivity contribution in [3.8, 4) is 5.75 Å². The number of hydrogen-bond acceptors (Lipinski definition) is 3. The SMILES string of the molecule is COC1(C(=O)O)CCCc2ccc(O)cc21. The molecule has 1 unspecified atom stereocenters. The van der Waals surface area contributed by atoms with Gasteiger partial charge in [0.15, 0.2) is 5.60 Å². The van der Waals surface area contributed by atoms with E-state index in [0.717, 1.165) is 18.4 Å². The van der Waals surface area contributed by atoms with Crippen molar-refractivity contribution in [2.75, 3.05) is 7.11 Å². The average Bonchev–Trinajstić information content (AvgIpc) is 2.27. The monoisotopic (exact) mass is 222 g/mol. The van der Waals surface area contributed by atoms with Gasteiger partial charge in [0.05, 0.1) is 0 Å². The van der Waals surface area contributed by atoms with Crippen molar-refractivity contribution in [1.29, 1.82) is 0 Å². The molecule has 1 aromatic rings. The quantitative estimate of drug-likeness (QED) is 0.798. The molecule has 1 aliphatic rings. The number of methoxy groups -OCH3 is 1. The average molecular weight is 222 g/mol. The van der Waals surface area contributed by atoms with Gasteiger partial charge in [0, 0.05) is 12.7 Å². The summed E-state index contributed by atoms with van der Waals surface area (Å²) in [6.45, 7) is 0. The second kappa shape index (κ2) is 3.79. The van der Waals surface area contributed by atoms with Crippen molar-refractivity contribution in [2.24, 2.45) is 0 Å². The maximum atomic E-state index is 11.4. The summed E-state index contributed by atoms with van der Waals surface area (Å²) >= 11 is 0. The number of carbonyl (C=O) groups is 1. The number of carboxylic acids is 1. The van der Waals surface area contributed by atoms with Crippen LogP contribution in [-0.2, 0) is 21.6 Å². The number of fused-ring (bicyclic) bond motifs is 1. The van der Waals surface area contributed by atoms with Crippen LogP contribution in [-0.4, -0.2) is 23.3 Å². The molecule has 0 saturated heterocycles. The molecule has 16 heavy (non-hydrogen) atoms. The predicted octanol–water partition coefficient (Wildman–Crippen LogP) is 1.65. The Labute approximate surface area is 93.5 Å². The summed E-state index contributed by atoms with van der Waals surface area (Å²) < 4.78 is 5.21. The molecule has 0 spiro atoms. The van der Waals surface area contributed by atoms with Gasteiger partial charge in [0.1, 0.15) is 5.75 Å². The van der Waals surface area contributed by atoms with E-state index in [1.54, 1.807) is 12.1 Å². The summed E-state index contributed by atoms with van der Waals surface area (Å²) in [5.74, 6) is -0.926. The van der Waals surface area contributed by atoms with Crippen LogP contribution in [0.15, 0.2) is 18.2 Å². The number of aromatic hydroxyl groups is 1. The van der Waals surface area contributed by atoms with Crippen LogP contribution in [0.1, 0.15) is 24.0 Å². The molecule has 1 atom stereocenters. The van der Waals surface area contributed by atoms with Crippen molar-refractivity contribution >= 4 is 5.97 Å².